The van der Waals surface area contributed by atoms with E-state index in [9.17, 15) is 0 Å². The van der Waals surface area contributed by atoms with Crippen LogP contribution in [-0.4, -0.2) is 55.6 Å². The van der Waals surface area contributed by atoms with Gasteiger partial charge < -0.3 is 15.5 Å². The Morgan fingerprint density at radius 3 is 2.71 bits per heavy atom. The Hall–Kier alpha value is -0.120. The van der Waals surface area contributed by atoms with Gasteiger partial charge in [0.15, 0.2) is 0 Å². The zero-order valence-corrected chi connectivity index (χ0v) is 9.71. The fourth-order valence-corrected chi connectivity index (χ4v) is 2.08. The molecule has 1 heterocycles. The minimum absolute atomic E-state index is 0.378. The molecule has 1 unspecified atom stereocenters. The highest BCUT2D eigenvalue weighted by Crippen LogP contribution is 2.03. The van der Waals surface area contributed by atoms with Crippen molar-refractivity contribution in [3.05, 3.63) is 0 Å². The molecule has 1 rings (SSSR count). The summed E-state index contributed by atoms with van der Waals surface area (Å²) in [4.78, 5) is 4.93. The Balaban J connectivity index is 2.22. The first kappa shape index (κ1) is 12.0. The van der Waals surface area contributed by atoms with Gasteiger partial charge in [-0.3, -0.25) is 0 Å². The van der Waals surface area contributed by atoms with E-state index < -0.39 is 0 Å². The summed E-state index contributed by atoms with van der Waals surface area (Å²) in [7, 11) is 2.20. The molecule has 1 saturated heterocycles. The molecule has 84 valence electrons. The average molecular weight is 199 g/mol. The molecule has 0 spiro atoms. The van der Waals surface area contributed by atoms with Gasteiger partial charge in [-0.1, -0.05) is 13.3 Å². The van der Waals surface area contributed by atoms with Crippen LogP contribution in [-0.2, 0) is 0 Å². The standard InChI is InChI=1S/C11H25N3/c1-3-5-11(12)10-14-7-4-6-13(2)8-9-14/h11H,3-10,12H2,1-2H3. The number of rotatable bonds is 4. The summed E-state index contributed by atoms with van der Waals surface area (Å²) < 4.78 is 0. The van der Waals surface area contributed by atoms with Crippen molar-refractivity contribution in [3.63, 3.8) is 0 Å². The minimum Gasteiger partial charge on any atom is -0.327 e. The number of nitrogens with zero attached hydrogens (tertiary/aromatic N) is 2. The topological polar surface area (TPSA) is 32.5 Å². The van der Waals surface area contributed by atoms with Gasteiger partial charge in [-0.15, -0.1) is 0 Å². The van der Waals surface area contributed by atoms with Crippen LogP contribution in [0.4, 0.5) is 0 Å². The van der Waals surface area contributed by atoms with Crippen molar-refractivity contribution in [2.75, 3.05) is 39.8 Å². The number of likely N-dealkylation sites (N-methyl/N-ethyl adjacent to an activating group) is 1. The van der Waals surface area contributed by atoms with E-state index in [1.807, 2.05) is 0 Å². The molecule has 0 amide bonds. The van der Waals surface area contributed by atoms with Gasteiger partial charge in [-0.05, 0) is 33.0 Å². The number of hydrogen-bond donors (Lipinski definition) is 1. The molecule has 0 saturated carbocycles. The first-order valence-electron chi connectivity index (χ1n) is 5.89. The van der Waals surface area contributed by atoms with Crippen molar-refractivity contribution >= 4 is 0 Å². The fourth-order valence-electron chi connectivity index (χ4n) is 2.08. The maximum atomic E-state index is 6.05. The maximum absolute atomic E-state index is 6.05. The molecule has 0 aromatic carbocycles. The predicted octanol–water partition coefficient (Wildman–Crippen LogP) is 0.751. The quantitative estimate of drug-likeness (QED) is 0.725. The van der Waals surface area contributed by atoms with Gasteiger partial charge in [-0.2, -0.15) is 0 Å². The van der Waals surface area contributed by atoms with E-state index in [2.05, 4.69) is 23.8 Å². The smallest absolute Gasteiger partial charge is 0.0167 e. The summed E-state index contributed by atoms with van der Waals surface area (Å²) >= 11 is 0. The van der Waals surface area contributed by atoms with Crippen LogP contribution in [0.3, 0.4) is 0 Å². The second kappa shape index (κ2) is 6.38. The third kappa shape index (κ3) is 4.40. The van der Waals surface area contributed by atoms with Gasteiger partial charge in [0, 0.05) is 25.7 Å². The molecular weight excluding hydrogens is 174 g/mol. The molecule has 0 bridgehead atoms. The summed E-state index contributed by atoms with van der Waals surface area (Å²) in [5.41, 5.74) is 6.05. The van der Waals surface area contributed by atoms with Crippen LogP contribution in [0.5, 0.6) is 0 Å². The van der Waals surface area contributed by atoms with Crippen molar-refractivity contribution in [1.29, 1.82) is 0 Å². The number of hydrogen-bond acceptors (Lipinski definition) is 3. The summed E-state index contributed by atoms with van der Waals surface area (Å²) in [6.07, 6.45) is 3.65. The molecule has 1 aliphatic rings. The lowest BCUT2D eigenvalue weighted by Gasteiger charge is -2.23. The zero-order valence-electron chi connectivity index (χ0n) is 9.71. The molecule has 0 aromatic heterocycles. The van der Waals surface area contributed by atoms with Crippen molar-refractivity contribution in [2.45, 2.75) is 32.2 Å². The molecule has 14 heavy (non-hydrogen) atoms. The van der Waals surface area contributed by atoms with Crippen LogP contribution < -0.4 is 5.73 Å². The lowest BCUT2D eigenvalue weighted by Crippen LogP contribution is -2.39. The van der Waals surface area contributed by atoms with Gasteiger partial charge in [-0.25, -0.2) is 0 Å². The van der Waals surface area contributed by atoms with Crippen molar-refractivity contribution in [2.24, 2.45) is 5.73 Å². The molecule has 0 aromatic rings. The monoisotopic (exact) mass is 199 g/mol. The third-order valence-electron chi connectivity index (χ3n) is 2.96. The Morgan fingerprint density at radius 2 is 2.00 bits per heavy atom. The Bertz CT molecular complexity index is 149. The molecule has 3 heteroatoms. The van der Waals surface area contributed by atoms with Crippen molar-refractivity contribution < 1.29 is 0 Å². The zero-order chi connectivity index (χ0) is 10.4. The molecule has 2 N–H and O–H groups in total. The summed E-state index contributed by atoms with van der Waals surface area (Å²) in [6.45, 7) is 8.13. The van der Waals surface area contributed by atoms with Crippen LogP contribution in [0.15, 0.2) is 0 Å². The second-order valence-corrected chi connectivity index (χ2v) is 4.51. The highest BCUT2D eigenvalue weighted by atomic mass is 15.2. The lowest BCUT2D eigenvalue weighted by atomic mass is 10.1. The SMILES string of the molecule is CCCC(N)CN1CCCN(C)CC1. The van der Waals surface area contributed by atoms with E-state index in [0.29, 0.717) is 6.04 Å². The van der Waals surface area contributed by atoms with Crippen molar-refractivity contribution in [1.82, 2.24) is 9.80 Å². The van der Waals surface area contributed by atoms with Gasteiger partial charge in [0.05, 0.1) is 0 Å². The first-order chi connectivity index (χ1) is 6.72. The maximum Gasteiger partial charge on any atom is 0.0167 e. The molecule has 0 radical (unpaired) electrons. The average Bonchev–Trinajstić information content (AvgIpc) is 2.32. The second-order valence-electron chi connectivity index (χ2n) is 4.51. The fraction of sp³-hybridized carbons (Fsp3) is 1.00. The van der Waals surface area contributed by atoms with E-state index >= 15 is 0 Å². The van der Waals surface area contributed by atoms with Crippen LogP contribution >= 0.6 is 0 Å². The van der Waals surface area contributed by atoms with Crippen LogP contribution in [0.2, 0.25) is 0 Å². The first-order valence-corrected chi connectivity index (χ1v) is 5.89. The van der Waals surface area contributed by atoms with Gasteiger partial charge >= 0.3 is 0 Å². The third-order valence-corrected chi connectivity index (χ3v) is 2.96. The molecule has 3 nitrogen and oxygen atoms in total. The van der Waals surface area contributed by atoms with Gasteiger partial charge in [0.1, 0.15) is 0 Å². The van der Waals surface area contributed by atoms with Gasteiger partial charge in [0.25, 0.3) is 0 Å². The van der Waals surface area contributed by atoms with E-state index in [-0.39, 0.29) is 0 Å². The van der Waals surface area contributed by atoms with Crippen LogP contribution in [0, 0.1) is 0 Å². The summed E-state index contributed by atoms with van der Waals surface area (Å²) in [5, 5.41) is 0. The van der Waals surface area contributed by atoms with Gasteiger partial charge in [0.2, 0.25) is 0 Å². The molecule has 0 aliphatic carbocycles. The summed E-state index contributed by atoms with van der Waals surface area (Å²) in [5.74, 6) is 0. The Kier molecular flexibility index (Phi) is 5.45. The normalized spacial score (nSPS) is 23.4. The predicted molar refractivity (Wildman–Crippen MR) is 61.4 cm³/mol. The lowest BCUT2D eigenvalue weighted by molar-refractivity contribution is 0.256. The largest absolute Gasteiger partial charge is 0.327 e. The Labute approximate surface area is 88.2 Å². The van der Waals surface area contributed by atoms with Crippen LogP contribution in [0.1, 0.15) is 26.2 Å². The summed E-state index contributed by atoms with van der Waals surface area (Å²) in [6, 6.07) is 0.378. The van der Waals surface area contributed by atoms with Crippen molar-refractivity contribution in [3.8, 4) is 0 Å². The minimum atomic E-state index is 0.378. The molecular formula is C11H25N3. The molecule has 1 aliphatic heterocycles. The highest BCUT2D eigenvalue weighted by Gasteiger charge is 2.13. The van der Waals surface area contributed by atoms with Crippen LogP contribution in [0.25, 0.3) is 0 Å². The molecule has 1 fully saturated rings. The highest BCUT2D eigenvalue weighted by molar-refractivity contribution is 4.72. The van der Waals surface area contributed by atoms with E-state index in [1.165, 1.54) is 39.0 Å². The Morgan fingerprint density at radius 1 is 1.21 bits per heavy atom. The number of nitrogens with two attached hydrogens (primary N) is 1. The van der Waals surface area contributed by atoms with E-state index in [4.69, 9.17) is 5.73 Å². The van der Waals surface area contributed by atoms with E-state index in [1.54, 1.807) is 0 Å². The molecule has 1 atom stereocenters. The van der Waals surface area contributed by atoms with E-state index in [0.717, 1.165) is 13.0 Å².